The number of amides is 1. The molecule has 0 atom stereocenters. The third kappa shape index (κ3) is 5.84. The molecule has 0 saturated carbocycles. The topological polar surface area (TPSA) is 145 Å². The Balaban J connectivity index is 1.68. The third-order valence-electron chi connectivity index (χ3n) is 5.01. The molecule has 0 aliphatic carbocycles. The zero-order chi connectivity index (χ0) is 24.0. The first-order chi connectivity index (χ1) is 15.7. The number of hydrogen-bond acceptors (Lipinski definition) is 8. The van der Waals surface area contributed by atoms with Crippen molar-refractivity contribution in [2.75, 3.05) is 32.1 Å². The van der Waals surface area contributed by atoms with E-state index in [2.05, 4.69) is 5.32 Å². The van der Waals surface area contributed by atoms with Crippen molar-refractivity contribution in [2.24, 2.45) is 0 Å². The molecule has 1 fully saturated rings. The molecule has 0 aromatic heterocycles. The molecule has 1 N–H and O–H groups in total. The minimum Gasteiger partial charge on any atom is -0.495 e. The predicted molar refractivity (Wildman–Crippen MR) is 118 cm³/mol. The van der Waals surface area contributed by atoms with Crippen LogP contribution in [0.2, 0.25) is 0 Å². The Morgan fingerprint density at radius 1 is 1.12 bits per heavy atom. The number of sulfonamides is 1. The Kier molecular flexibility index (Phi) is 7.61. The summed E-state index contributed by atoms with van der Waals surface area (Å²) in [4.78, 5) is 34.5. The summed E-state index contributed by atoms with van der Waals surface area (Å²) in [7, 11) is -2.46. The van der Waals surface area contributed by atoms with Crippen molar-refractivity contribution in [2.45, 2.75) is 24.2 Å². The molecule has 1 heterocycles. The number of hydrogen-bond donors (Lipinski definition) is 1. The summed E-state index contributed by atoms with van der Waals surface area (Å²) in [5, 5.41) is 13.3. The van der Waals surface area contributed by atoms with E-state index in [1.54, 1.807) is 0 Å². The number of nitrogens with one attached hydrogen (secondary N) is 1. The molecule has 0 bridgehead atoms. The maximum absolute atomic E-state index is 13.1. The summed E-state index contributed by atoms with van der Waals surface area (Å²) in [5.41, 5.74) is -0.172. The van der Waals surface area contributed by atoms with Crippen LogP contribution in [0.3, 0.4) is 0 Å². The number of ether oxygens (including phenoxy) is 2. The average molecular weight is 477 g/mol. The van der Waals surface area contributed by atoms with Crippen LogP contribution in [-0.4, -0.2) is 56.3 Å². The van der Waals surface area contributed by atoms with Gasteiger partial charge in [-0.3, -0.25) is 14.9 Å². The molecule has 2 aromatic carbocycles. The number of carbonyl (C=O) groups is 2. The highest BCUT2D eigenvalue weighted by atomic mass is 32.2. The first kappa shape index (κ1) is 24.1. The number of non-ortho nitro benzene ring substituents is 1. The van der Waals surface area contributed by atoms with E-state index in [0.717, 1.165) is 25.3 Å². The van der Waals surface area contributed by atoms with Crippen molar-refractivity contribution in [1.29, 1.82) is 0 Å². The molecule has 1 amide bonds. The number of esters is 1. The lowest BCUT2D eigenvalue weighted by molar-refractivity contribution is -0.384. The Labute approximate surface area is 190 Å². The van der Waals surface area contributed by atoms with Crippen LogP contribution in [0, 0.1) is 10.1 Å². The maximum atomic E-state index is 13.1. The second-order valence-corrected chi connectivity index (χ2v) is 9.17. The summed E-state index contributed by atoms with van der Waals surface area (Å²) in [5.74, 6) is -1.46. The minimum atomic E-state index is -3.82. The van der Waals surface area contributed by atoms with Gasteiger partial charge in [-0.15, -0.1) is 0 Å². The fourth-order valence-electron chi connectivity index (χ4n) is 3.36. The number of rotatable bonds is 8. The largest absolute Gasteiger partial charge is 0.495 e. The molecule has 1 saturated heterocycles. The quantitative estimate of drug-likeness (QED) is 0.347. The zero-order valence-electron chi connectivity index (χ0n) is 17.9. The molecule has 12 heteroatoms. The van der Waals surface area contributed by atoms with Gasteiger partial charge in [-0.2, -0.15) is 4.31 Å². The van der Waals surface area contributed by atoms with Crippen LogP contribution in [0.15, 0.2) is 47.4 Å². The molecule has 1 aliphatic rings. The Morgan fingerprint density at radius 3 is 2.52 bits per heavy atom. The number of nitro groups is 1. The average Bonchev–Trinajstić information content (AvgIpc) is 2.83. The second-order valence-electron chi connectivity index (χ2n) is 7.26. The molecular formula is C21H23N3O8S. The molecular weight excluding hydrogens is 454 g/mol. The lowest BCUT2D eigenvalue weighted by Crippen LogP contribution is -2.35. The first-order valence-electron chi connectivity index (χ1n) is 10.1. The van der Waals surface area contributed by atoms with Crippen molar-refractivity contribution in [3.05, 3.63) is 58.1 Å². The van der Waals surface area contributed by atoms with Gasteiger partial charge in [0, 0.05) is 30.9 Å². The number of methoxy groups -OCH3 is 1. The SMILES string of the molecule is COc1ccc(NC(=O)COC(=O)c2cccc([N+](=O)[O-])c2)cc1S(=O)(=O)N1CCCCC1. The van der Waals surface area contributed by atoms with Crippen LogP contribution < -0.4 is 10.1 Å². The van der Waals surface area contributed by atoms with E-state index in [1.165, 1.54) is 47.8 Å². The van der Waals surface area contributed by atoms with Gasteiger partial charge in [-0.05, 0) is 37.1 Å². The highest BCUT2D eigenvalue weighted by Gasteiger charge is 2.29. The maximum Gasteiger partial charge on any atom is 0.338 e. The van der Waals surface area contributed by atoms with Crippen LogP contribution >= 0.6 is 0 Å². The van der Waals surface area contributed by atoms with Crippen LogP contribution in [0.4, 0.5) is 11.4 Å². The molecule has 2 aromatic rings. The van der Waals surface area contributed by atoms with E-state index in [4.69, 9.17) is 9.47 Å². The standard InChI is InChI=1S/C21H23N3O8S/c1-31-18-9-8-16(13-19(18)33(29,30)23-10-3-2-4-11-23)22-20(25)14-32-21(26)15-6-5-7-17(12-15)24(27)28/h5-9,12-13H,2-4,10-11,14H2,1H3,(H,22,25). The van der Waals surface area contributed by atoms with E-state index in [0.29, 0.717) is 13.1 Å². The van der Waals surface area contributed by atoms with Gasteiger partial charge in [0.1, 0.15) is 10.6 Å². The Hall–Kier alpha value is -3.51. The van der Waals surface area contributed by atoms with Gasteiger partial charge < -0.3 is 14.8 Å². The summed E-state index contributed by atoms with van der Waals surface area (Å²) >= 11 is 0. The van der Waals surface area contributed by atoms with E-state index >= 15 is 0 Å². The van der Waals surface area contributed by atoms with E-state index in [-0.39, 0.29) is 27.6 Å². The van der Waals surface area contributed by atoms with E-state index in [1.807, 2.05) is 0 Å². The number of benzene rings is 2. The van der Waals surface area contributed by atoms with Gasteiger partial charge in [-0.1, -0.05) is 12.5 Å². The van der Waals surface area contributed by atoms with Gasteiger partial charge in [0.2, 0.25) is 10.0 Å². The normalized spacial score (nSPS) is 14.3. The van der Waals surface area contributed by atoms with Crippen molar-refractivity contribution < 1.29 is 32.4 Å². The lowest BCUT2D eigenvalue weighted by atomic mass is 10.2. The fourth-order valence-corrected chi connectivity index (χ4v) is 5.06. The number of nitrogens with zero attached hydrogens (tertiary/aromatic N) is 2. The van der Waals surface area contributed by atoms with Gasteiger partial charge >= 0.3 is 5.97 Å². The van der Waals surface area contributed by atoms with Gasteiger partial charge in [0.15, 0.2) is 6.61 Å². The van der Waals surface area contributed by atoms with Crippen molar-refractivity contribution >= 4 is 33.3 Å². The van der Waals surface area contributed by atoms with Crippen LogP contribution in [0.25, 0.3) is 0 Å². The minimum absolute atomic E-state index is 0.0710. The van der Waals surface area contributed by atoms with Gasteiger partial charge in [0.05, 0.1) is 17.6 Å². The molecule has 1 aliphatic heterocycles. The van der Waals surface area contributed by atoms with Crippen molar-refractivity contribution in [3.63, 3.8) is 0 Å². The predicted octanol–water partition coefficient (Wildman–Crippen LogP) is 2.57. The molecule has 33 heavy (non-hydrogen) atoms. The second kappa shape index (κ2) is 10.4. The van der Waals surface area contributed by atoms with Crippen LogP contribution in [-0.2, 0) is 19.6 Å². The summed E-state index contributed by atoms with van der Waals surface area (Å²) in [6, 6.07) is 9.12. The van der Waals surface area contributed by atoms with Gasteiger partial charge in [-0.25, -0.2) is 13.2 Å². The van der Waals surface area contributed by atoms with Crippen molar-refractivity contribution in [3.8, 4) is 5.75 Å². The van der Waals surface area contributed by atoms with E-state index in [9.17, 15) is 28.1 Å². The molecule has 0 unspecified atom stereocenters. The van der Waals surface area contributed by atoms with Crippen molar-refractivity contribution in [1.82, 2.24) is 4.31 Å². The lowest BCUT2D eigenvalue weighted by Gasteiger charge is -2.26. The molecule has 3 rings (SSSR count). The smallest absolute Gasteiger partial charge is 0.338 e. The first-order valence-corrected chi connectivity index (χ1v) is 11.6. The third-order valence-corrected chi connectivity index (χ3v) is 6.93. The van der Waals surface area contributed by atoms with E-state index < -0.39 is 33.4 Å². The van der Waals surface area contributed by atoms with Crippen LogP contribution in [0.1, 0.15) is 29.6 Å². The molecule has 0 radical (unpaired) electrons. The highest BCUT2D eigenvalue weighted by Crippen LogP contribution is 2.31. The van der Waals surface area contributed by atoms with Crippen LogP contribution in [0.5, 0.6) is 5.75 Å². The zero-order valence-corrected chi connectivity index (χ0v) is 18.7. The number of carbonyl (C=O) groups excluding carboxylic acids is 2. The fraction of sp³-hybridized carbons (Fsp3) is 0.333. The number of piperidine rings is 1. The molecule has 176 valence electrons. The summed E-state index contributed by atoms with van der Waals surface area (Å²) < 4.78 is 37.6. The Bertz CT molecular complexity index is 1160. The monoisotopic (exact) mass is 477 g/mol. The number of nitro benzene ring substituents is 1. The molecule has 11 nitrogen and oxygen atoms in total. The van der Waals surface area contributed by atoms with Gasteiger partial charge in [0.25, 0.3) is 11.6 Å². The summed E-state index contributed by atoms with van der Waals surface area (Å²) in [6.07, 6.45) is 2.51. The molecule has 0 spiro atoms. The summed E-state index contributed by atoms with van der Waals surface area (Å²) in [6.45, 7) is 0.160. The Morgan fingerprint density at radius 2 is 1.85 bits per heavy atom. The number of anilines is 1. The highest BCUT2D eigenvalue weighted by molar-refractivity contribution is 7.89.